The number of carbonyl (C=O) groups is 1. The Morgan fingerprint density at radius 2 is 1.87 bits per heavy atom. The topological polar surface area (TPSA) is 62.1 Å². The second-order valence-corrected chi connectivity index (χ2v) is 7.62. The molecule has 3 aromatic carbocycles. The van der Waals surface area contributed by atoms with Crippen LogP contribution in [-0.2, 0) is 11.2 Å². The van der Waals surface area contributed by atoms with Crippen LogP contribution < -0.4 is 10.1 Å². The second kappa shape index (κ2) is 9.97. The first-order valence-corrected chi connectivity index (χ1v) is 10.2. The zero-order valence-electron chi connectivity index (χ0n) is 17.7. The van der Waals surface area contributed by atoms with E-state index in [1.165, 1.54) is 0 Å². The van der Waals surface area contributed by atoms with Gasteiger partial charge in [-0.25, -0.2) is 0 Å². The molecule has 0 atom stereocenters. The lowest BCUT2D eigenvalue weighted by Crippen LogP contribution is -2.14. The van der Waals surface area contributed by atoms with Crippen LogP contribution in [0.15, 0.2) is 66.2 Å². The van der Waals surface area contributed by atoms with Crippen LogP contribution in [0, 0.1) is 25.2 Å². The third kappa shape index (κ3) is 5.33. The molecule has 0 fully saturated rings. The van der Waals surface area contributed by atoms with Crippen LogP contribution in [0.4, 0.5) is 5.69 Å². The molecule has 5 heteroatoms. The monoisotopic (exact) mass is 430 g/mol. The predicted octanol–water partition coefficient (Wildman–Crippen LogP) is 6.10. The molecule has 0 aliphatic rings. The third-order valence-corrected chi connectivity index (χ3v) is 5.55. The number of hydrogen-bond acceptors (Lipinski definition) is 3. The summed E-state index contributed by atoms with van der Waals surface area (Å²) in [5, 5.41) is 13.1. The van der Waals surface area contributed by atoms with E-state index in [1.54, 1.807) is 13.2 Å². The minimum absolute atomic E-state index is 0.0156. The number of hydrogen-bond donors (Lipinski definition) is 1. The van der Waals surface area contributed by atoms with Crippen molar-refractivity contribution >= 4 is 29.3 Å². The van der Waals surface area contributed by atoms with Gasteiger partial charge in [0.05, 0.1) is 7.11 Å². The average molecular weight is 431 g/mol. The second-order valence-electron chi connectivity index (χ2n) is 7.21. The number of carbonyl (C=O) groups excluding carboxylic acids is 1. The van der Waals surface area contributed by atoms with Crippen LogP contribution >= 0.6 is 11.6 Å². The van der Waals surface area contributed by atoms with E-state index in [9.17, 15) is 10.1 Å². The van der Waals surface area contributed by atoms with Crippen molar-refractivity contribution in [1.82, 2.24) is 0 Å². The van der Waals surface area contributed by atoms with Crippen molar-refractivity contribution < 1.29 is 9.53 Å². The fraction of sp³-hybridized carbons (Fsp3) is 0.154. The van der Waals surface area contributed by atoms with Gasteiger partial charge in [-0.1, -0.05) is 54.1 Å². The first-order chi connectivity index (χ1) is 14.9. The molecule has 1 amide bonds. The Labute approximate surface area is 187 Å². The third-order valence-electron chi connectivity index (χ3n) is 5.18. The van der Waals surface area contributed by atoms with Crippen LogP contribution in [0.1, 0.15) is 27.8 Å². The fourth-order valence-corrected chi connectivity index (χ4v) is 3.44. The zero-order valence-corrected chi connectivity index (χ0v) is 18.5. The van der Waals surface area contributed by atoms with Gasteiger partial charge in [-0.15, -0.1) is 0 Å². The summed E-state index contributed by atoms with van der Waals surface area (Å²) in [5.74, 6) is 0.219. The van der Waals surface area contributed by atoms with E-state index in [4.69, 9.17) is 16.3 Å². The Morgan fingerprint density at radius 1 is 1.10 bits per heavy atom. The van der Waals surface area contributed by atoms with Gasteiger partial charge >= 0.3 is 0 Å². The molecular formula is C26H23ClN2O2. The van der Waals surface area contributed by atoms with Crippen LogP contribution in [0.25, 0.3) is 6.08 Å². The Morgan fingerprint density at radius 3 is 2.58 bits per heavy atom. The largest absolute Gasteiger partial charge is 0.496 e. The van der Waals surface area contributed by atoms with E-state index in [0.29, 0.717) is 28.4 Å². The lowest BCUT2D eigenvalue weighted by Gasteiger charge is -2.11. The van der Waals surface area contributed by atoms with Crippen LogP contribution in [-0.4, -0.2) is 13.0 Å². The number of nitrogens with zero attached hydrogens (tertiary/aromatic N) is 1. The summed E-state index contributed by atoms with van der Waals surface area (Å²) in [5.41, 5.74) is 5.41. The zero-order chi connectivity index (χ0) is 22.4. The highest BCUT2D eigenvalue weighted by Gasteiger charge is 2.13. The number of benzene rings is 3. The SMILES string of the molecule is COc1cc(/C=C(\C#N)C(=O)Nc2cccc(C)c2C)ccc1Cc1ccccc1Cl. The standard InChI is InChI=1S/C26H23ClN2O2/c1-17-7-6-10-24(18(17)2)29-26(30)22(16-28)13-19-11-12-21(25(14-19)31-3)15-20-8-4-5-9-23(20)27/h4-14H,15H2,1-3H3,(H,29,30)/b22-13+. The van der Waals surface area contributed by atoms with Gasteiger partial charge in [0.15, 0.2) is 0 Å². The number of anilines is 1. The van der Waals surface area contributed by atoms with Crippen LogP contribution in [0.2, 0.25) is 5.02 Å². The highest BCUT2D eigenvalue weighted by molar-refractivity contribution is 6.31. The van der Waals surface area contributed by atoms with Crippen molar-refractivity contribution in [2.75, 3.05) is 12.4 Å². The molecule has 3 aromatic rings. The molecule has 0 saturated heterocycles. The molecule has 3 rings (SSSR count). The van der Waals surface area contributed by atoms with E-state index in [0.717, 1.165) is 22.3 Å². The lowest BCUT2D eigenvalue weighted by molar-refractivity contribution is -0.112. The quantitative estimate of drug-likeness (QED) is 0.379. The molecule has 31 heavy (non-hydrogen) atoms. The summed E-state index contributed by atoms with van der Waals surface area (Å²) >= 11 is 6.28. The number of ether oxygens (including phenoxy) is 1. The summed E-state index contributed by atoms with van der Waals surface area (Å²) in [7, 11) is 1.59. The Balaban J connectivity index is 1.85. The minimum Gasteiger partial charge on any atom is -0.496 e. The van der Waals surface area contributed by atoms with Crippen molar-refractivity contribution in [3.05, 3.63) is 99.1 Å². The molecule has 0 aliphatic heterocycles. The molecule has 0 radical (unpaired) electrons. The van der Waals surface area contributed by atoms with Crippen LogP contribution in [0.5, 0.6) is 5.75 Å². The molecule has 0 heterocycles. The van der Waals surface area contributed by atoms with Crippen molar-refractivity contribution in [1.29, 1.82) is 5.26 Å². The lowest BCUT2D eigenvalue weighted by atomic mass is 10.0. The number of aryl methyl sites for hydroxylation is 1. The van der Waals surface area contributed by atoms with E-state index >= 15 is 0 Å². The normalized spacial score (nSPS) is 11.0. The van der Waals surface area contributed by atoms with Crippen molar-refractivity contribution in [3.63, 3.8) is 0 Å². The Kier molecular flexibility index (Phi) is 7.12. The number of rotatable bonds is 6. The predicted molar refractivity (Wildman–Crippen MR) is 125 cm³/mol. The summed E-state index contributed by atoms with van der Waals surface area (Å²) < 4.78 is 5.54. The van der Waals surface area contributed by atoms with E-state index in [-0.39, 0.29) is 5.57 Å². The number of methoxy groups -OCH3 is 1. The molecule has 0 aromatic heterocycles. The molecule has 4 nitrogen and oxygen atoms in total. The van der Waals surface area contributed by atoms with E-state index in [1.807, 2.05) is 80.6 Å². The molecule has 1 N–H and O–H groups in total. The number of nitriles is 1. The van der Waals surface area contributed by atoms with Crippen molar-refractivity contribution in [3.8, 4) is 11.8 Å². The van der Waals surface area contributed by atoms with Crippen molar-refractivity contribution in [2.24, 2.45) is 0 Å². The molecule has 156 valence electrons. The molecule has 0 unspecified atom stereocenters. The highest BCUT2D eigenvalue weighted by atomic mass is 35.5. The molecule has 0 aliphatic carbocycles. The van der Waals surface area contributed by atoms with Gasteiger partial charge < -0.3 is 10.1 Å². The maximum Gasteiger partial charge on any atom is 0.266 e. The highest BCUT2D eigenvalue weighted by Crippen LogP contribution is 2.27. The Hall–Kier alpha value is -3.55. The molecule has 0 saturated carbocycles. The first-order valence-electron chi connectivity index (χ1n) is 9.82. The van der Waals surface area contributed by atoms with E-state index < -0.39 is 5.91 Å². The van der Waals surface area contributed by atoms with Gasteiger partial charge in [0.1, 0.15) is 17.4 Å². The van der Waals surface area contributed by atoms with Gasteiger partial charge in [0.25, 0.3) is 5.91 Å². The summed E-state index contributed by atoms with van der Waals surface area (Å²) in [6.07, 6.45) is 2.17. The fourth-order valence-electron chi connectivity index (χ4n) is 3.24. The molecular weight excluding hydrogens is 408 g/mol. The summed E-state index contributed by atoms with van der Waals surface area (Å²) in [6, 6.07) is 20.9. The number of nitrogens with one attached hydrogen (secondary N) is 1. The molecule has 0 bridgehead atoms. The maximum absolute atomic E-state index is 12.7. The molecule has 0 spiro atoms. The average Bonchev–Trinajstić information content (AvgIpc) is 2.77. The number of halogens is 1. The van der Waals surface area contributed by atoms with Crippen molar-refractivity contribution in [2.45, 2.75) is 20.3 Å². The summed E-state index contributed by atoms with van der Waals surface area (Å²) in [4.78, 5) is 12.7. The van der Waals surface area contributed by atoms with Gasteiger partial charge in [-0.2, -0.15) is 5.26 Å². The van der Waals surface area contributed by atoms with Gasteiger partial charge in [0.2, 0.25) is 0 Å². The summed E-state index contributed by atoms with van der Waals surface area (Å²) in [6.45, 7) is 3.91. The van der Waals surface area contributed by atoms with Crippen LogP contribution in [0.3, 0.4) is 0 Å². The smallest absolute Gasteiger partial charge is 0.266 e. The number of amides is 1. The minimum atomic E-state index is -0.449. The first kappa shape index (κ1) is 22.1. The van der Waals surface area contributed by atoms with Gasteiger partial charge in [-0.05, 0) is 65.9 Å². The van der Waals surface area contributed by atoms with Gasteiger partial charge in [-0.3, -0.25) is 4.79 Å². The Bertz CT molecular complexity index is 1190. The maximum atomic E-state index is 12.7. The van der Waals surface area contributed by atoms with Gasteiger partial charge in [0, 0.05) is 17.1 Å². The van der Waals surface area contributed by atoms with E-state index in [2.05, 4.69) is 5.32 Å².